The van der Waals surface area contributed by atoms with E-state index in [1.807, 2.05) is 18.2 Å². The topological polar surface area (TPSA) is 29.3 Å². The summed E-state index contributed by atoms with van der Waals surface area (Å²) < 4.78 is 25.3. The van der Waals surface area contributed by atoms with E-state index in [0.29, 0.717) is 6.54 Å². The zero-order valence-corrected chi connectivity index (χ0v) is 10.7. The molecule has 1 aromatic rings. The van der Waals surface area contributed by atoms with E-state index in [-0.39, 0.29) is 6.54 Å². The lowest BCUT2D eigenvalue weighted by atomic mass is 10.1. The number of halogens is 3. The quantitative estimate of drug-likeness (QED) is 0.904. The fourth-order valence-corrected chi connectivity index (χ4v) is 2.22. The molecule has 2 nitrogen and oxygen atoms in total. The first-order valence-corrected chi connectivity index (χ1v) is 5.81. The molecule has 0 aromatic heterocycles. The third-order valence-corrected chi connectivity index (χ3v) is 2.90. The second-order valence-electron chi connectivity index (χ2n) is 3.60. The van der Waals surface area contributed by atoms with Gasteiger partial charge in [-0.05, 0) is 46.6 Å². The average molecular weight is 293 g/mol. The van der Waals surface area contributed by atoms with Crippen molar-refractivity contribution in [2.45, 2.75) is 12.8 Å². The van der Waals surface area contributed by atoms with Crippen LogP contribution in [-0.2, 0) is 6.42 Å². The Bertz CT molecular complexity index is 345. The summed E-state index contributed by atoms with van der Waals surface area (Å²) in [5.41, 5.74) is 7.31. The lowest BCUT2D eigenvalue weighted by Crippen LogP contribution is -2.24. The van der Waals surface area contributed by atoms with Crippen molar-refractivity contribution in [2.75, 3.05) is 25.0 Å². The van der Waals surface area contributed by atoms with Gasteiger partial charge in [0, 0.05) is 11.5 Å². The molecule has 0 saturated heterocycles. The molecule has 1 aromatic carbocycles. The monoisotopic (exact) mass is 292 g/mol. The van der Waals surface area contributed by atoms with Crippen LogP contribution in [0.1, 0.15) is 5.56 Å². The van der Waals surface area contributed by atoms with Gasteiger partial charge in [-0.2, -0.15) is 0 Å². The zero-order chi connectivity index (χ0) is 12.1. The maximum Gasteiger partial charge on any atom is 0.255 e. The normalized spacial score (nSPS) is 10.9. The Labute approximate surface area is 103 Å². The molecule has 0 atom stereocenters. The molecule has 0 aliphatic heterocycles. The Morgan fingerprint density at radius 3 is 2.62 bits per heavy atom. The van der Waals surface area contributed by atoms with Crippen LogP contribution in [-0.4, -0.2) is 26.6 Å². The molecule has 5 heteroatoms. The van der Waals surface area contributed by atoms with Gasteiger partial charge in [0.25, 0.3) is 6.43 Å². The van der Waals surface area contributed by atoms with E-state index in [0.717, 1.165) is 22.1 Å². The molecule has 0 fully saturated rings. The smallest absolute Gasteiger partial charge is 0.255 e. The molecule has 0 spiro atoms. The van der Waals surface area contributed by atoms with Gasteiger partial charge in [-0.1, -0.05) is 6.07 Å². The van der Waals surface area contributed by atoms with Gasteiger partial charge in [0.1, 0.15) is 0 Å². The zero-order valence-electron chi connectivity index (χ0n) is 9.09. The lowest BCUT2D eigenvalue weighted by Gasteiger charge is -2.20. The average Bonchev–Trinajstić information content (AvgIpc) is 2.16. The number of anilines is 1. The molecule has 0 unspecified atom stereocenters. The fraction of sp³-hybridized carbons (Fsp3) is 0.455. The number of benzene rings is 1. The summed E-state index contributed by atoms with van der Waals surface area (Å²) in [7, 11) is 1.65. The number of rotatable bonds is 5. The van der Waals surface area contributed by atoms with Crippen molar-refractivity contribution in [2.24, 2.45) is 5.73 Å². The molecule has 0 bridgehead atoms. The Balaban J connectivity index is 2.81. The van der Waals surface area contributed by atoms with Gasteiger partial charge in [-0.15, -0.1) is 0 Å². The third kappa shape index (κ3) is 3.72. The highest BCUT2D eigenvalue weighted by Crippen LogP contribution is 2.27. The lowest BCUT2D eigenvalue weighted by molar-refractivity contribution is 0.156. The standard InChI is InChI=1S/C11H15BrF2N2/c1-16(7-11(13)14)10-3-2-8(4-5-15)6-9(10)12/h2-3,6,11H,4-5,7,15H2,1H3. The molecule has 1 rings (SSSR count). The number of hydrogen-bond donors (Lipinski definition) is 1. The van der Waals surface area contributed by atoms with E-state index in [1.54, 1.807) is 7.05 Å². The van der Waals surface area contributed by atoms with Crippen molar-refractivity contribution in [3.63, 3.8) is 0 Å². The Morgan fingerprint density at radius 2 is 2.12 bits per heavy atom. The molecule has 0 aliphatic carbocycles. The van der Waals surface area contributed by atoms with Gasteiger partial charge in [0.15, 0.2) is 0 Å². The molecule has 0 aliphatic rings. The highest BCUT2D eigenvalue weighted by molar-refractivity contribution is 9.10. The summed E-state index contributed by atoms with van der Waals surface area (Å²) in [6.45, 7) is 0.313. The third-order valence-electron chi connectivity index (χ3n) is 2.27. The molecular formula is C11H15BrF2N2. The molecule has 0 heterocycles. The minimum absolute atomic E-state index is 0.269. The predicted molar refractivity (Wildman–Crippen MR) is 66.2 cm³/mol. The Hall–Kier alpha value is -0.680. The van der Waals surface area contributed by atoms with Gasteiger partial charge in [-0.25, -0.2) is 8.78 Å². The maximum absolute atomic E-state index is 12.2. The molecule has 0 saturated carbocycles. The Morgan fingerprint density at radius 1 is 1.44 bits per heavy atom. The van der Waals surface area contributed by atoms with Crippen molar-refractivity contribution in [3.8, 4) is 0 Å². The summed E-state index contributed by atoms with van der Waals surface area (Å²) >= 11 is 3.38. The van der Waals surface area contributed by atoms with E-state index in [9.17, 15) is 8.78 Å². The number of nitrogens with zero attached hydrogens (tertiary/aromatic N) is 1. The van der Waals surface area contributed by atoms with Crippen molar-refractivity contribution in [3.05, 3.63) is 28.2 Å². The summed E-state index contributed by atoms with van der Waals surface area (Å²) in [6, 6.07) is 5.66. The van der Waals surface area contributed by atoms with E-state index in [1.165, 1.54) is 4.90 Å². The predicted octanol–water partition coefficient (Wildman–Crippen LogP) is 2.65. The number of alkyl halides is 2. The van der Waals surface area contributed by atoms with Crippen LogP contribution in [0.4, 0.5) is 14.5 Å². The molecule has 0 amide bonds. The molecule has 0 radical (unpaired) electrons. The second-order valence-corrected chi connectivity index (χ2v) is 4.45. The van der Waals surface area contributed by atoms with Crippen LogP contribution in [0.5, 0.6) is 0 Å². The summed E-state index contributed by atoms with van der Waals surface area (Å²) in [4.78, 5) is 1.53. The summed E-state index contributed by atoms with van der Waals surface area (Å²) in [5, 5.41) is 0. The van der Waals surface area contributed by atoms with Crippen molar-refractivity contribution in [1.82, 2.24) is 0 Å². The minimum Gasteiger partial charge on any atom is -0.368 e. The molecule has 16 heavy (non-hydrogen) atoms. The van der Waals surface area contributed by atoms with Gasteiger partial charge < -0.3 is 10.6 Å². The van der Waals surface area contributed by atoms with E-state index in [2.05, 4.69) is 15.9 Å². The summed E-state index contributed by atoms with van der Waals surface area (Å²) in [6.07, 6.45) is -1.54. The molecule has 2 N–H and O–H groups in total. The highest BCUT2D eigenvalue weighted by Gasteiger charge is 2.11. The van der Waals surface area contributed by atoms with Crippen molar-refractivity contribution < 1.29 is 8.78 Å². The van der Waals surface area contributed by atoms with Crippen LogP contribution in [0.2, 0.25) is 0 Å². The van der Waals surface area contributed by atoms with E-state index < -0.39 is 6.43 Å². The number of hydrogen-bond acceptors (Lipinski definition) is 2. The van der Waals surface area contributed by atoms with Crippen LogP contribution >= 0.6 is 15.9 Å². The van der Waals surface area contributed by atoms with Crippen LogP contribution in [0, 0.1) is 0 Å². The second kappa shape index (κ2) is 6.15. The van der Waals surface area contributed by atoms with E-state index in [4.69, 9.17) is 5.73 Å². The molecular weight excluding hydrogens is 278 g/mol. The van der Waals surface area contributed by atoms with Gasteiger partial charge in [0.05, 0.1) is 12.2 Å². The van der Waals surface area contributed by atoms with Crippen LogP contribution in [0.3, 0.4) is 0 Å². The van der Waals surface area contributed by atoms with Crippen molar-refractivity contribution in [1.29, 1.82) is 0 Å². The first-order valence-electron chi connectivity index (χ1n) is 5.02. The fourth-order valence-electron chi connectivity index (χ4n) is 1.49. The van der Waals surface area contributed by atoms with Crippen LogP contribution < -0.4 is 10.6 Å². The van der Waals surface area contributed by atoms with Gasteiger partial charge in [-0.3, -0.25) is 0 Å². The SMILES string of the molecule is CN(CC(F)F)c1ccc(CCN)cc1Br. The summed E-state index contributed by atoms with van der Waals surface area (Å²) in [5.74, 6) is 0. The highest BCUT2D eigenvalue weighted by atomic mass is 79.9. The van der Waals surface area contributed by atoms with Gasteiger partial charge in [0.2, 0.25) is 0 Å². The van der Waals surface area contributed by atoms with Gasteiger partial charge >= 0.3 is 0 Å². The van der Waals surface area contributed by atoms with E-state index >= 15 is 0 Å². The largest absolute Gasteiger partial charge is 0.368 e. The van der Waals surface area contributed by atoms with Crippen molar-refractivity contribution >= 4 is 21.6 Å². The first kappa shape index (κ1) is 13.4. The molecule has 90 valence electrons. The van der Waals surface area contributed by atoms with Crippen LogP contribution in [0.15, 0.2) is 22.7 Å². The minimum atomic E-state index is -2.33. The number of nitrogens with two attached hydrogens (primary N) is 1. The maximum atomic E-state index is 12.2. The van der Waals surface area contributed by atoms with Crippen LogP contribution in [0.25, 0.3) is 0 Å². The Kier molecular flexibility index (Phi) is 5.15. The first-order chi connectivity index (χ1) is 7.54.